The summed E-state index contributed by atoms with van der Waals surface area (Å²) in [7, 11) is 0. The summed E-state index contributed by atoms with van der Waals surface area (Å²) in [6.45, 7) is 12.8. The number of imide groups is 1. The smallest absolute Gasteiger partial charge is 0.325 e. The van der Waals surface area contributed by atoms with E-state index in [0.717, 1.165) is 27.7 Å². The van der Waals surface area contributed by atoms with E-state index in [1.54, 1.807) is 0 Å². The van der Waals surface area contributed by atoms with Gasteiger partial charge < -0.3 is 10.2 Å². The molecule has 1 atom stereocenters. The van der Waals surface area contributed by atoms with E-state index in [4.69, 9.17) is 0 Å². The summed E-state index contributed by atoms with van der Waals surface area (Å²) in [5.41, 5.74) is 3.25. The van der Waals surface area contributed by atoms with E-state index in [9.17, 15) is 14.4 Å². The van der Waals surface area contributed by atoms with Gasteiger partial charge in [0.15, 0.2) is 0 Å². The molecule has 4 amide bonds. The molecule has 4 rings (SSSR count). The topological polar surface area (TPSA) is 82.6 Å². The Hall–Kier alpha value is -3.22. The monoisotopic (exact) mass is 448 g/mol. The molecule has 0 saturated carbocycles. The third-order valence-corrected chi connectivity index (χ3v) is 6.99. The molecule has 2 aliphatic rings. The molecular formula is C26H32N4O3. The van der Waals surface area contributed by atoms with Crippen molar-refractivity contribution >= 4 is 28.7 Å². The molecule has 2 aliphatic heterocycles. The van der Waals surface area contributed by atoms with Crippen LogP contribution in [0.25, 0.3) is 10.9 Å². The van der Waals surface area contributed by atoms with Crippen LogP contribution < -0.4 is 5.32 Å². The van der Waals surface area contributed by atoms with E-state index in [0.29, 0.717) is 37.9 Å². The van der Waals surface area contributed by atoms with Crippen LogP contribution in [0.5, 0.6) is 0 Å². The number of aryl methyl sites for hydroxylation is 2. The van der Waals surface area contributed by atoms with Gasteiger partial charge in [0.25, 0.3) is 11.8 Å². The van der Waals surface area contributed by atoms with Crippen molar-refractivity contribution in [3.63, 3.8) is 0 Å². The molecule has 3 heterocycles. The number of nitrogens with one attached hydrogen (secondary N) is 1. The van der Waals surface area contributed by atoms with E-state index >= 15 is 0 Å². The molecule has 2 fully saturated rings. The molecule has 0 bridgehead atoms. The lowest BCUT2D eigenvalue weighted by Crippen LogP contribution is -2.56. The van der Waals surface area contributed by atoms with Crippen LogP contribution in [0.15, 0.2) is 36.4 Å². The Balaban J connectivity index is 1.54. The Morgan fingerprint density at radius 3 is 2.55 bits per heavy atom. The van der Waals surface area contributed by atoms with Crippen LogP contribution in [0.2, 0.25) is 0 Å². The number of hydrogen-bond donors (Lipinski definition) is 1. The molecule has 33 heavy (non-hydrogen) atoms. The molecule has 7 heteroatoms. The SMILES string of the molecule is C=C(C)CN1C(=O)NC(CC)(C2CCN(C(=O)c3cc(C)nc4ccc(C)cc34)CC2)C1=O. The average molecular weight is 449 g/mol. The molecular weight excluding hydrogens is 416 g/mol. The van der Waals surface area contributed by atoms with Gasteiger partial charge in [0.2, 0.25) is 0 Å². The highest BCUT2D eigenvalue weighted by molar-refractivity contribution is 6.08. The summed E-state index contributed by atoms with van der Waals surface area (Å²) >= 11 is 0. The van der Waals surface area contributed by atoms with Gasteiger partial charge >= 0.3 is 6.03 Å². The lowest BCUT2D eigenvalue weighted by Gasteiger charge is -2.40. The van der Waals surface area contributed by atoms with Crippen LogP contribution in [0.3, 0.4) is 0 Å². The zero-order valence-electron chi connectivity index (χ0n) is 19.9. The van der Waals surface area contributed by atoms with E-state index < -0.39 is 5.54 Å². The number of hydrogen-bond acceptors (Lipinski definition) is 4. The number of rotatable bonds is 5. The van der Waals surface area contributed by atoms with E-state index in [1.807, 2.05) is 56.9 Å². The predicted octanol–water partition coefficient (Wildman–Crippen LogP) is 3.98. The number of carbonyl (C=O) groups excluding carboxylic acids is 3. The van der Waals surface area contributed by atoms with Gasteiger partial charge in [0.05, 0.1) is 17.6 Å². The maximum atomic E-state index is 13.5. The zero-order valence-corrected chi connectivity index (χ0v) is 19.9. The van der Waals surface area contributed by atoms with Crippen molar-refractivity contribution in [2.45, 2.75) is 52.5 Å². The molecule has 2 saturated heterocycles. The average Bonchev–Trinajstić information content (AvgIpc) is 3.03. The van der Waals surface area contributed by atoms with Crippen LogP contribution in [-0.2, 0) is 4.79 Å². The highest BCUT2D eigenvalue weighted by Gasteiger charge is 2.54. The van der Waals surface area contributed by atoms with Gasteiger partial charge in [-0.05, 0) is 64.2 Å². The summed E-state index contributed by atoms with van der Waals surface area (Å²) in [6, 6.07) is 7.48. The second kappa shape index (κ2) is 8.61. The Morgan fingerprint density at radius 2 is 1.91 bits per heavy atom. The minimum Gasteiger partial charge on any atom is -0.339 e. The van der Waals surface area contributed by atoms with Crippen molar-refractivity contribution in [1.29, 1.82) is 0 Å². The van der Waals surface area contributed by atoms with Crippen molar-refractivity contribution < 1.29 is 14.4 Å². The predicted molar refractivity (Wildman–Crippen MR) is 128 cm³/mol. The summed E-state index contributed by atoms with van der Waals surface area (Å²) in [5.74, 6) is -0.198. The minimum absolute atomic E-state index is 0.00853. The second-order valence-electron chi connectivity index (χ2n) is 9.50. The van der Waals surface area contributed by atoms with E-state index in [2.05, 4.69) is 16.9 Å². The molecule has 0 radical (unpaired) electrons. The zero-order chi connectivity index (χ0) is 23.9. The van der Waals surface area contributed by atoms with Crippen LogP contribution in [0.4, 0.5) is 4.79 Å². The highest BCUT2D eigenvalue weighted by Crippen LogP contribution is 2.37. The van der Waals surface area contributed by atoms with E-state index in [-0.39, 0.29) is 30.3 Å². The normalized spacial score (nSPS) is 21.6. The molecule has 1 N–H and O–H groups in total. The van der Waals surface area contributed by atoms with Gasteiger partial charge in [-0.2, -0.15) is 0 Å². The van der Waals surface area contributed by atoms with Crippen molar-refractivity contribution in [2.24, 2.45) is 5.92 Å². The van der Waals surface area contributed by atoms with Crippen LogP contribution in [0, 0.1) is 19.8 Å². The van der Waals surface area contributed by atoms with Crippen molar-refractivity contribution in [3.8, 4) is 0 Å². The number of amides is 4. The number of piperidine rings is 1. The number of fused-ring (bicyclic) bond motifs is 1. The highest BCUT2D eigenvalue weighted by atomic mass is 16.2. The largest absolute Gasteiger partial charge is 0.339 e. The number of aromatic nitrogens is 1. The first-order chi connectivity index (χ1) is 15.7. The molecule has 1 aromatic heterocycles. The summed E-state index contributed by atoms with van der Waals surface area (Å²) in [5, 5.41) is 3.86. The minimum atomic E-state index is -0.904. The van der Waals surface area contributed by atoms with Gasteiger partial charge in [0, 0.05) is 24.2 Å². The van der Waals surface area contributed by atoms with Crippen molar-refractivity contribution in [2.75, 3.05) is 19.6 Å². The third kappa shape index (κ3) is 4.01. The third-order valence-electron chi connectivity index (χ3n) is 6.99. The Morgan fingerprint density at radius 1 is 1.21 bits per heavy atom. The molecule has 0 aliphatic carbocycles. The summed E-state index contributed by atoms with van der Waals surface area (Å²) in [6.07, 6.45) is 1.84. The Labute approximate surface area is 194 Å². The van der Waals surface area contributed by atoms with Crippen LogP contribution in [-0.4, -0.2) is 57.8 Å². The summed E-state index contributed by atoms with van der Waals surface area (Å²) in [4.78, 5) is 47.0. The van der Waals surface area contributed by atoms with Gasteiger partial charge in [-0.25, -0.2) is 4.79 Å². The number of urea groups is 1. The van der Waals surface area contributed by atoms with Gasteiger partial charge in [-0.1, -0.05) is 30.7 Å². The molecule has 1 aromatic carbocycles. The standard InChI is InChI=1S/C26H32N4O3/c1-6-26(24(32)30(15-16(2)3)25(33)28-26)19-9-11-29(12-10-19)23(31)21-14-18(5)27-22-8-7-17(4)13-20(21)22/h7-8,13-14,19H,2,6,9-12,15H2,1,3-5H3,(H,28,33). The van der Waals surface area contributed by atoms with Gasteiger partial charge in [-0.3, -0.25) is 19.5 Å². The first kappa shape index (κ1) is 23.0. The first-order valence-electron chi connectivity index (χ1n) is 11.6. The number of pyridine rings is 1. The number of benzene rings is 1. The van der Waals surface area contributed by atoms with Crippen molar-refractivity contribution in [3.05, 3.63) is 53.2 Å². The fraction of sp³-hybridized carbons (Fsp3) is 0.462. The molecule has 0 spiro atoms. The molecule has 174 valence electrons. The molecule has 2 aromatic rings. The van der Waals surface area contributed by atoms with E-state index in [1.165, 1.54) is 4.90 Å². The quantitative estimate of drug-likeness (QED) is 0.554. The Kier molecular flexibility index (Phi) is 5.99. The number of likely N-dealkylation sites (tertiary alicyclic amines) is 1. The fourth-order valence-electron chi connectivity index (χ4n) is 5.26. The van der Waals surface area contributed by atoms with Gasteiger partial charge in [0.1, 0.15) is 5.54 Å². The number of carbonyl (C=O) groups is 3. The second-order valence-corrected chi connectivity index (χ2v) is 9.50. The maximum absolute atomic E-state index is 13.5. The molecule has 7 nitrogen and oxygen atoms in total. The van der Waals surface area contributed by atoms with Crippen LogP contribution in [0.1, 0.15) is 54.7 Å². The molecule has 1 unspecified atom stereocenters. The van der Waals surface area contributed by atoms with Gasteiger partial charge in [-0.15, -0.1) is 0 Å². The lowest BCUT2D eigenvalue weighted by molar-refractivity contribution is -0.133. The summed E-state index contributed by atoms with van der Waals surface area (Å²) < 4.78 is 0. The van der Waals surface area contributed by atoms with Crippen molar-refractivity contribution in [1.82, 2.24) is 20.1 Å². The lowest BCUT2D eigenvalue weighted by atomic mass is 9.75. The number of nitrogens with zero attached hydrogens (tertiary/aromatic N) is 3. The fourth-order valence-corrected chi connectivity index (χ4v) is 5.26. The Bertz CT molecular complexity index is 1150. The first-order valence-corrected chi connectivity index (χ1v) is 11.6. The van der Waals surface area contributed by atoms with Crippen LogP contribution >= 0.6 is 0 Å². The maximum Gasteiger partial charge on any atom is 0.325 e.